The Morgan fingerprint density at radius 2 is 1.81 bits per heavy atom. The Bertz CT molecular complexity index is 855. The first-order valence-electron chi connectivity index (χ1n) is 8.98. The van der Waals surface area contributed by atoms with E-state index in [1.807, 2.05) is 24.8 Å². The third-order valence-corrected chi connectivity index (χ3v) is 6.62. The lowest BCUT2D eigenvalue weighted by Gasteiger charge is -2.33. The summed E-state index contributed by atoms with van der Waals surface area (Å²) in [6.07, 6.45) is 1.58. The van der Waals surface area contributed by atoms with Crippen molar-refractivity contribution < 1.29 is 17.6 Å². The minimum Gasteiger partial charge on any atom is -0.467 e. The third kappa shape index (κ3) is 4.77. The summed E-state index contributed by atoms with van der Waals surface area (Å²) in [6, 6.07) is 10.3. The lowest BCUT2D eigenvalue weighted by atomic mass is 10.2. The lowest BCUT2D eigenvalue weighted by molar-refractivity contribution is -0.123. The smallest absolute Gasteiger partial charge is 0.243 e. The number of nitrogens with one attached hydrogen (secondary N) is 1. The highest BCUT2D eigenvalue weighted by Gasteiger charge is 2.29. The van der Waals surface area contributed by atoms with Gasteiger partial charge in [-0.05, 0) is 38.1 Å². The predicted octanol–water partition coefficient (Wildman–Crippen LogP) is 1.77. The molecule has 1 fully saturated rings. The monoisotopic (exact) mass is 391 g/mol. The first kappa shape index (κ1) is 19.6. The molecule has 1 N–H and O–H groups in total. The van der Waals surface area contributed by atoms with Gasteiger partial charge in [0.25, 0.3) is 0 Å². The van der Waals surface area contributed by atoms with Crippen molar-refractivity contribution in [3.8, 4) is 0 Å². The molecule has 27 heavy (non-hydrogen) atoms. The maximum atomic E-state index is 12.7. The summed E-state index contributed by atoms with van der Waals surface area (Å²) in [4.78, 5) is 14.5. The minimum atomic E-state index is -3.49. The van der Waals surface area contributed by atoms with E-state index in [-0.39, 0.29) is 18.5 Å². The second-order valence-electron chi connectivity index (χ2n) is 6.80. The Morgan fingerprint density at radius 1 is 1.15 bits per heavy atom. The van der Waals surface area contributed by atoms with Crippen molar-refractivity contribution in [1.29, 1.82) is 0 Å². The van der Waals surface area contributed by atoms with Gasteiger partial charge in [-0.15, -0.1) is 0 Å². The molecule has 0 aliphatic carbocycles. The molecule has 7 nitrogen and oxygen atoms in total. The number of rotatable bonds is 6. The van der Waals surface area contributed by atoms with Gasteiger partial charge in [-0.2, -0.15) is 4.31 Å². The quantitative estimate of drug-likeness (QED) is 0.812. The van der Waals surface area contributed by atoms with E-state index >= 15 is 0 Å². The standard InChI is InChI=1S/C19H25N3O4S/c1-15-5-7-17(8-6-15)27(24,25)22-11-9-21(10-12-22)14-19(23)20-16(2)18-4-3-13-26-18/h3-8,13,16H,9-12,14H2,1-2H3,(H,20,23)/t16-/m0/s1. The van der Waals surface area contributed by atoms with Gasteiger partial charge in [0.1, 0.15) is 5.76 Å². The number of carbonyl (C=O) groups is 1. The molecule has 1 aromatic heterocycles. The number of nitrogens with zero attached hydrogens (tertiary/aromatic N) is 2. The van der Waals surface area contributed by atoms with Crippen LogP contribution >= 0.6 is 0 Å². The SMILES string of the molecule is Cc1ccc(S(=O)(=O)N2CCN(CC(=O)N[C@@H](C)c3ccco3)CC2)cc1. The fraction of sp³-hybridized carbons (Fsp3) is 0.421. The van der Waals surface area contributed by atoms with Crippen molar-refractivity contribution in [2.75, 3.05) is 32.7 Å². The van der Waals surface area contributed by atoms with Crippen LogP contribution in [0.3, 0.4) is 0 Å². The number of amides is 1. The van der Waals surface area contributed by atoms with Crippen LogP contribution in [0.1, 0.15) is 24.3 Å². The minimum absolute atomic E-state index is 0.103. The van der Waals surface area contributed by atoms with Crippen molar-refractivity contribution in [3.05, 3.63) is 54.0 Å². The Morgan fingerprint density at radius 3 is 2.41 bits per heavy atom. The Labute approximate surface area is 160 Å². The van der Waals surface area contributed by atoms with Crippen LogP contribution in [0.2, 0.25) is 0 Å². The van der Waals surface area contributed by atoms with Crippen LogP contribution < -0.4 is 5.32 Å². The molecule has 0 spiro atoms. The van der Waals surface area contributed by atoms with Gasteiger partial charge in [-0.1, -0.05) is 17.7 Å². The molecule has 1 saturated heterocycles. The molecule has 2 heterocycles. The second kappa shape index (κ2) is 8.24. The van der Waals surface area contributed by atoms with Crippen molar-refractivity contribution in [1.82, 2.24) is 14.5 Å². The molecular weight excluding hydrogens is 366 g/mol. The predicted molar refractivity (Wildman–Crippen MR) is 102 cm³/mol. The average Bonchev–Trinajstić information content (AvgIpc) is 3.17. The van der Waals surface area contributed by atoms with Crippen LogP contribution in [0.25, 0.3) is 0 Å². The molecule has 1 atom stereocenters. The molecule has 2 aromatic rings. The molecule has 3 rings (SSSR count). The summed E-state index contributed by atoms with van der Waals surface area (Å²) in [5.74, 6) is 0.603. The Hall–Kier alpha value is -2.16. The number of aryl methyl sites for hydroxylation is 1. The average molecular weight is 391 g/mol. The molecule has 8 heteroatoms. The molecule has 0 radical (unpaired) electrons. The van der Waals surface area contributed by atoms with Gasteiger partial charge in [0.15, 0.2) is 0 Å². The zero-order valence-electron chi connectivity index (χ0n) is 15.6. The first-order chi connectivity index (χ1) is 12.9. The summed E-state index contributed by atoms with van der Waals surface area (Å²) >= 11 is 0. The van der Waals surface area contributed by atoms with E-state index in [2.05, 4.69) is 5.32 Å². The van der Waals surface area contributed by atoms with Crippen LogP contribution in [0, 0.1) is 6.92 Å². The van der Waals surface area contributed by atoms with Gasteiger partial charge in [-0.25, -0.2) is 8.42 Å². The summed E-state index contributed by atoms with van der Waals surface area (Å²) in [5, 5.41) is 2.90. The highest BCUT2D eigenvalue weighted by molar-refractivity contribution is 7.89. The van der Waals surface area contributed by atoms with Gasteiger partial charge in [-0.3, -0.25) is 9.69 Å². The zero-order valence-corrected chi connectivity index (χ0v) is 16.4. The largest absolute Gasteiger partial charge is 0.467 e. The van der Waals surface area contributed by atoms with Crippen molar-refractivity contribution in [3.63, 3.8) is 0 Å². The number of carbonyl (C=O) groups excluding carboxylic acids is 1. The number of piperazine rings is 1. The van der Waals surface area contributed by atoms with Crippen LogP contribution in [0.4, 0.5) is 0 Å². The van der Waals surface area contributed by atoms with E-state index in [1.165, 1.54) is 4.31 Å². The van der Waals surface area contributed by atoms with E-state index < -0.39 is 10.0 Å². The number of benzene rings is 1. The van der Waals surface area contributed by atoms with E-state index in [0.717, 1.165) is 5.56 Å². The molecule has 1 aromatic carbocycles. The third-order valence-electron chi connectivity index (χ3n) is 4.70. The summed E-state index contributed by atoms with van der Waals surface area (Å²) in [6.45, 7) is 5.81. The zero-order chi connectivity index (χ0) is 19.4. The van der Waals surface area contributed by atoms with Gasteiger partial charge in [0.05, 0.1) is 23.7 Å². The molecule has 146 valence electrons. The molecule has 0 bridgehead atoms. The molecule has 0 unspecified atom stereocenters. The second-order valence-corrected chi connectivity index (χ2v) is 8.74. The highest BCUT2D eigenvalue weighted by Crippen LogP contribution is 2.18. The number of furan rings is 1. The molecule has 1 aliphatic rings. The molecular formula is C19H25N3O4S. The topological polar surface area (TPSA) is 82.9 Å². The van der Waals surface area contributed by atoms with Gasteiger partial charge in [0, 0.05) is 26.2 Å². The molecule has 0 saturated carbocycles. The Balaban J connectivity index is 1.51. The van der Waals surface area contributed by atoms with Gasteiger partial charge < -0.3 is 9.73 Å². The molecule has 1 aliphatic heterocycles. The number of hydrogen-bond acceptors (Lipinski definition) is 5. The maximum Gasteiger partial charge on any atom is 0.243 e. The van der Waals surface area contributed by atoms with E-state index in [4.69, 9.17) is 4.42 Å². The summed E-state index contributed by atoms with van der Waals surface area (Å²) < 4.78 is 32.2. The van der Waals surface area contributed by atoms with Crippen LogP contribution in [-0.4, -0.2) is 56.3 Å². The fourth-order valence-corrected chi connectivity index (χ4v) is 4.51. The van der Waals surface area contributed by atoms with Crippen molar-refractivity contribution >= 4 is 15.9 Å². The van der Waals surface area contributed by atoms with Crippen LogP contribution in [0.5, 0.6) is 0 Å². The van der Waals surface area contributed by atoms with E-state index in [9.17, 15) is 13.2 Å². The van der Waals surface area contributed by atoms with Crippen LogP contribution in [-0.2, 0) is 14.8 Å². The highest BCUT2D eigenvalue weighted by atomic mass is 32.2. The number of hydrogen-bond donors (Lipinski definition) is 1. The first-order valence-corrected chi connectivity index (χ1v) is 10.4. The van der Waals surface area contributed by atoms with Crippen LogP contribution in [0.15, 0.2) is 52.0 Å². The Kier molecular flexibility index (Phi) is 5.98. The summed E-state index contributed by atoms with van der Waals surface area (Å²) in [7, 11) is -3.49. The molecule has 1 amide bonds. The fourth-order valence-electron chi connectivity index (χ4n) is 3.09. The van der Waals surface area contributed by atoms with E-state index in [0.29, 0.717) is 36.8 Å². The lowest BCUT2D eigenvalue weighted by Crippen LogP contribution is -2.51. The number of sulfonamides is 1. The van der Waals surface area contributed by atoms with Crippen molar-refractivity contribution in [2.24, 2.45) is 0 Å². The normalized spacial score (nSPS) is 17.6. The van der Waals surface area contributed by atoms with Crippen molar-refractivity contribution in [2.45, 2.75) is 24.8 Å². The van der Waals surface area contributed by atoms with Gasteiger partial charge >= 0.3 is 0 Å². The summed E-state index contributed by atoms with van der Waals surface area (Å²) in [5.41, 5.74) is 1.02. The van der Waals surface area contributed by atoms with E-state index in [1.54, 1.807) is 36.6 Å². The maximum absolute atomic E-state index is 12.7. The van der Waals surface area contributed by atoms with Gasteiger partial charge in [0.2, 0.25) is 15.9 Å².